The highest BCUT2D eigenvalue weighted by Crippen LogP contribution is 2.16. The van der Waals surface area contributed by atoms with Gasteiger partial charge in [0.2, 0.25) is 5.91 Å². The largest absolute Gasteiger partial charge is 0.385 e. The molecule has 2 aromatic rings. The van der Waals surface area contributed by atoms with Crippen molar-refractivity contribution in [1.82, 2.24) is 4.90 Å². The first kappa shape index (κ1) is 24.0. The minimum Gasteiger partial charge on any atom is -0.385 e. The molecule has 0 aromatic heterocycles. The predicted molar refractivity (Wildman–Crippen MR) is 116 cm³/mol. The number of rotatable bonds is 11. The van der Waals surface area contributed by atoms with Gasteiger partial charge in [-0.05, 0) is 47.9 Å². The number of hydrogen-bond donors (Lipinski definition) is 0. The molecule has 166 valence electrons. The molecule has 31 heavy (non-hydrogen) atoms. The molecule has 10 heteroatoms. The summed E-state index contributed by atoms with van der Waals surface area (Å²) in [6.45, 7) is 1.27. The molecule has 0 fully saturated rings. The standard InChI is InChI=1S/C21H24N2O7S/c1-29-15-3-14-22(16-18-6-11-20(12-7-18)30-31(2,27)28)21(24)13-8-17-4-9-19(10-5-17)23(25)26/h4-13H,3,14-16H2,1-2H3. The Hall–Kier alpha value is -3.24. The monoisotopic (exact) mass is 448 g/mol. The normalized spacial score (nSPS) is 11.4. The number of benzene rings is 2. The molecule has 1 amide bonds. The van der Waals surface area contributed by atoms with Crippen molar-refractivity contribution in [2.75, 3.05) is 26.5 Å². The lowest BCUT2D eigenvalue weighted by Gasteiger charge is -2.21. The number of amides is 1. The number of carbonyl (C=O) groups is 1. The van der Waals surface area contributed by atoms with E-state index < -0.39 is 15.0 Å². The van der Waals surface area contributed by atoms with Gasteiger partial charge in [0.1, 0.15) is 5.75 Å². The maximum Gasteiger partial charge on any atom is 0.306 e. The Labute approximate surface area is 181 Å². The van der Waals surface area contributed by atoms with Gasteiger partial charge in [0.05, 0.1) is 11.2 Å². The van der Waals surface area contributed by atoms with Crippen molar-refractivity contribution in [3.05, 3.63) is 75.8 Å². The van der Waals surface area contributed by atoms with Crippen LogP contribution in [0.3, 0.4) is 0 Å². The number of hydrogen-bond acceptors (Lipinski definition) is 7. The highest BCUT2D eigenvalue weighted by atomic mass is 32.2. The number of non-ortho nitro benzene ring substituents is 1. The molecule has 2 rings (SSSR count). The Morgan fingerprint density at radius 3 is 2.32 bits per heavy atom. The van der Waals surface area contributed by atoms with Crippen molar-refractivity contribution in [3.8, 4) is 5.75 Å². The summed E-state index contributed by atoms with van der Waals surface area (Å²) in [6.07, 6.45) is 4.62. The first-order valence-electron chi connectivity index (χ1n) is 9.37. The van der Waals surface area contributed by atoms with E-state index in [0.29, 0.717) is 31.7 Å². The van der Waals surface area contributed by atoms with E-state index in [1.165, 1.54) is 30.3 Å². The van der Waals surface area contributed by atoms with Crippen LogP contribution >= 0.6 is 0 Å². The molecular formula is C21H24N2O7S. The minimum absolute atomic E-state index is 0.0204. The third-order valence-corrected chi connectivity index (χ3v) is 4.65. The number of ether oxygens (including phenoxy) is 1. The summed E-state index contributed by atoms with van der Waals surface area (Å²) >= 11 is 0. The summed E-state index contributed by atoms with van der Waals surface area (Å²) in [5.74, 6) is -0.0347. The highest BCUT2D eigenvalue weighted by molar-refractivity contribution is 7.86. The molecule has 0 atom stereocenters. The molecule has 0 heterocycles. The summed E-state index contributed by atoms with van der Waals surface area (Å²) in [5.41, 5.74) is 1.45. The Bertz CT molecular complexity index is 1020. The van der Waals surface area contributed by atoms with Gasteiger partial charge in [0.25, 0.3) is 5.69 Å². The van der Waals surface area contributed by atoms with Crippen LogP contribution in [0.4, 0.5) is 5.69 Å². The van der Waals surface area contributed by atoms with Crippen LogP contribution < -0.4 is 4.18 Å². The zero-order valence-corrected chi connectivity index (χ0v) is 18.1. The first-order chi connectivity index (χ1) is 14.7. The number of nitrogens with zero attached hydrogens (tertiary/aromatic N) is 2. The Kier molecular flexibility index (Phi) is 8.71. The van der Waals surface area contributed by atoms with Crippen LogP contribution in [-0.2, 0) is 26.2 Å². The van der Waals surface area contributed by atoms with Gasteiger partial charge >= 0.3 is 10.1 Å². The lowest BCUT2D eigenvalue weighted by atomic mass is 10.1. The third kappa shape index (κ3) is 8.57. The summed E-state index contributed by atoms with van der Waals surface area (Å²) in [5, 5.41) is 10.7. The Morgan fingerprint density at radius 1 is 1.13 bits per heavy atom. The number of methoxy groups -OCH3 is 1. The van der Waals surface area contributed by atoms with Crippen LogP contribution in [0.15, 0.2) is 54.6 Å². The average Bonchev–Trinajstić information content (AvgIpc) is 2.72. The summed E-state index contributed by atoms with van der Waals surface area (Å²) in [6, 6.07) is 12.3. The lowest BCUT2D eigenvalue weighted by Crippen LogP contribution is -2.30. The van der Waals surface area contributed by atoms with E-state index in [4.69, 9.17) is 8.92 Å². The lowest BCUT2D eigenvalue weighted by molar-refractivity contribution is -0.384. The Balaban J connectivity index is 2.09. The molecule has 0 saturated heterocycles. The molecule has 2 aromatic carbocycles. The van der Waals surface area contributed by atoms with Crippen molar-refractivity contribution in [3.63, 3.8) is 0 Å². The fourth-order valence-corrected chi connectivity index (χ4v) is 3.15. The van der Waals surface area contributed by atoms with Crippen molar-refractivity contribution < 1.29 is 27.1 Å². The number of nitro benzene ring substituents is 1. The van der Waals surface area contributed by atoms with Gasteiger partial charge in [0, 0.05) is 45.0 Å². The molecule has 0 spiro atoms. The number of carbonyl (C=O) groups excluding carboxylic acids is 1. The van der Waals surface area contributed by atoms with E-state index in [2.05, 4.69) is 0 Å². The zero-order chi connectivity index (χ0) is 22.9. The Morgan fingerprint density at radius 2 is 1.77 bits per heavy atom. The fraction of sp³-hybridized carbons (Fsp3) is 0.286. The molecular weight excluding hydrogens is 424 g/mol. The second-order valence-electron chi connectivity index (χ2n) is 6.72. The van der Waals surface area contributed by atoms with Crippen molar-refractivity contribution in [2.45, 2.75) is 13.0 Å². The van der Waals surface area contributed by atoms with Crippen LogP contribution in [0.25, 0.3) is 6.08 Å². The summed E-state index contributed by atoms with van der Waals surface area (Å²) in [4.78, 5) is 24.6. The molecule has 0 N–H and O–H groups in total. The molecule has 0 aliphatic carbocycles. The summed E-state index contributed by atoms with van der Waals surface area (Å²) in [7, 11) is -2.02. The van der Waals surface area contributed by atoms with Crippen LogP contribution in [-0.4, -0.2) is 50.7 Å². The SMILES string of the molecule is COCCCN(Cc1ccc(OS(C)(=O)=O)cc1)C(=O)C=Cc1ccc([N+](=O)[O-])cc1. The van der Waals surface area contributed by atoms with Gasteiger partial charge in [-0.1, -0.05) is 12.1 Å². The van der Waals surface area contributed by atoms with Gasteiger partial charge in [0.15, 0.2) is 0 Å². The second-order valence-corrected chi connectivity index (χ2v) is 8.29. The van der Waals surface area contributed by atoms with Gasteiger partial charge in [-0.3, -0.25) is 14.9 Å². The maximum absolute atomic E-state index is 12.7. The third-order valence-electron chi connectivity index (χ3n) is 4.15. The van der Waals surface area contributed by atoms with E-state index in [-0.39, 0.29) is 17.3 Å². The van der Waals surface area contributed by atoms with Crippen molar-refractivity contribution in [2.24, 2.45) is 0 Å². The van der Waals surface area contributed by atoms with Crippen LogP contribution in [0.1, 0.15) is 17.5 Å². The van der Waals surface area contributed by atoms with Crippen LogP contribution in [0.5, 0.6) is 5.75 Å². The molecule has 0 bridgehead atoms. The molecule has 0 aliphatic rings. The molecule has 0 saturated carbocycles. The van der Waals surface area contributed by atoms with E-state index >= 15 is 0 Å². The van der Waals surface area contributed by atoms with Gasteiger partial charge in [-0.2, -0.15) is 8.42 Å². The maximum atomic E-state index is 12.7. The van der Waals surface area contributed by atoms with Crippen molar-refractivity contribution >= 4 is 27.8 Å². The van der Waals surface area contributed by atoms with Gasteiger partial charge in [-0.15, -0.1) is 0 Å². The van der Waals surface area contributed by atoms with E-state index in [9.17, 15) is 23.3 Å². The zero-order valence-electron chi connectivity index (χ0n) is 17.3. The van der Waals surface area contributed by atoms with Gasteiger partial charge in [-0.25, -0.2) is 0 Å². The molecule has 0 aliphatic heterocycles. The van der Waals surface area contributed by atoms with E-state index in [1.54, 1.807) is 42.4 Å². The van der Waals surface area contributed by atoms with E-state index in [0.717, 1.165) is 11.8 Å². The smallest absolute Gasteiger partial charge is 0.306 e. The quantitative estimate of drug-likeness (QED) is 0.171. The first-order valence-corrected chi connectivity index (χ1v) is 11.2. The van der Waals surface area contributed by atoms with Crippen molar-refractivity contribution in [1.29, 1.82) is 0 Å². The second kappa shape index (κ2) is 11.2. The fourth-order valence-electron chi connectivity index (χ4n) is 2.69. The molecule has 0 unspecified atom stereocenters. The van der Waals surface area contributed by atoms with E-state index in [1.807, 2.05) is 0 Å². The highest BCUT2D eigenvalue weighted by Gasteiger charge is 2.12. The van der Waals surface area contributed by atoms with Crippen LogP contribution in [0.2, 0.25) is 0 Å². The minimum atomic E-state index is -3.61. The molecule has 9 nitrogen and oxygen atoms in total. The topological polar surface area (TPSA) is 116 Å². The number of nitro groups is 1. The average molecular weight is 448 g/mol. The van der Waals surface area contributed by atoms with Gasteiger partial charge < -0.3 is 13.8 Å². The predicted octanol–water partition coefficient (Wildman–Crippen LogP) is 3.01. The summed E-state index contributed by atoms with van der Waals surface area (Å²) < 4.78 is 32.3. The van der Waals surface area contributed by atoms with Crippen LogP contribution in [0, 0.1) is 10.1 Å². The molecule has 0 radical (unpaired) electrons.